The van der Waals surface area contributed by atoms with Crippen molar-refractivity contribution in [2.75, 3.05) is 25.1 Å². The molecular formula is C14H22N2O. The largest absolute Gasteiger partial charge is 0.381 e. The number of ether oxygens (including phenoxy) is 1. The smallest absolute Gasteiger partial charge is 0.0514 e. The van der Waals surface area contributed by atoms with Gasteiger partial charge in [0.2, 0.25) is 0 Å². The molecule has 3 N–H and O–H groups in total. The number of nitrogens with one attached hydrogen (secondary N) is 1. The van der Waals surface area contributed by atoms with Gasteiger partial charge in [0.05, 0.1) is 6.61 Å². The normalized spacial score (nSPS) is 22.1. The molecule has 3 nitrogen and oxygen atoms in total. The van der Waals surface area contributed by atoms with Crippen molar-refractivity contribution in [3.63, 3.8) is 0 Å². The average Bonchev–Trinajstić information content (AvgIpc) is 2.39. The van der Waals surface area contributed by atoms with Crippen LogP contribution in [0.2, 0.25) is 0 Å². The highest BCUT2D eigenvalue weighted by Crippen LogP contribution is 2.22. The lowest BCUT2D eigenvalue weighted by atomic mass is 9.93. The molecule has 94 valence electrons. The number of para-hydroxylation sites is 1. The van der Waals surface area contributed by atoms with E-state index in [9.17, 15) is 0 Å². The highest BCUT2D eigenvalue weighted by atomic mass is 16.5. The Morgan fingerprint density at radius 1 is 1.47 bits per heavy atom. The zero-order valence-electron chi connectivity index (χ0n) is 10.5. The molecule has 1 heterocycles. The Kier molecular flexibility index (Phi) is 4.40. The van der Waals surface area contributed by atoms with E-state index in [1.54, 1.807) is 0 Å². The summed E-state index contributed by atoms with van der Waals surface area (Å²) in [5.74, 6) is 0.536. The minimum atomic E-state index is 0.316. The van der Waals surface area contributed by atoms with E-state index in [4.69, 9.17) is 10.5 Å². The van der Waals surface area contributed by atoms with Gasteiger partial charge >= 0.3 is 0 Å². The van der Waals surface area contributed by atoms with E-state index in [1.807, 2.05) is 0 Å². The molecule has 0 saturated carbocycles. The molecule has 0 aromatic heterocycles. The second kappa shape index (κ2) is 6.03. The summed E-state index contributed by atoms with van der Waals surface area (Å²) in [5.41, 5.74) is 8.34. The third-order valence-corrected chi connectivity index (χ3v) is 3.50. The van der Waals surface area contributed by atoms with Crippen LogP contribution in [0.25, 0.3) is 0 Å². The van der Waals surface area contributed by atoms with E-state index < -0.39 is 0 Å². The predicted molar refractivity (Wildman–Crippen MR) is 71.2 cm³/mol. The van der Waals surface area contributed by atoms with E-state index >= 15 is 0 Å². The molecule has 2 unspecified atom stereocenters. The molecular weight excluding hydrogens is 212 g/mol. The summed E-state index contributed by atoms with van der Waals surface area (Å²) in [6, 6.07) is 8.66. The van der Waals surface area contributed by atoms with Crippen LogP contribution in [0.1, 0.15) is 18.4 Å². The Morgan fingerprint density at radius 2 is 2.29 bits per heavy atom. The first kappa shape index (κ1) is 12.4. The first-order valence-electron chi connectivity index (χ1n) is 6.41. The Bertz CT molecular complexity index is 348. The predicted octanol–water partition coefficient (Wildman–Crippen LogP) is 2.16. The van der Waals surface area contributed by atoms with E-state index in [2.05, 4.69) is 36.5 Å². The highest BCUT2D eigenvalue weighted by Gasteiger charge is 2.23. The van der Waals surface area contributed by atoms with Crippen molar-refractivity contribution in [2.45, 2.75) is 25.8 Å². The van der Waals surface area contributed by atoms with Gasteiger partial charge in [0, 0.05) is 30.8 Å². The monoisotopic (exact) mass is 234 g/mol. The first-order valence-corrected chi connectivity index (χ1v) is 6.41. The van der Waals surface area contributed by atoms with Crippen molar-refractivity contribution in [2.24, 2.45) is 11.7 Å². The van der Waals surface area contributed by atoms with E-state index in [0.717, 1.165) is 19.6 Å². The van der Waals surface area contributed by atoms with Crippen molar-refractivity contribution in [1.29, 1.82) is 0 Å². The molecule has 2 atom stereocenters. The summed E-state index contributed by atoms with van der Waals surface area (Å²) >= 11 is 0. The Morgan fingerprint density at radius 3 is 2.94 bits per heavy atom. The molecule has 0 radical (unpaired) electrons. The summed E-state index contributed by atoms with van der Waals surface area (Å²) in [6.07, 6.45) is 2.36. The number of hydrogen-bond donors (Lipinski definition) is 2. The molecule has 0 bridgehead atoms. The topological polar surface area (TPSA) is 47.3 Å². The van der Waals surface area contributed by atoms with Crippen LogP contribution in [-0.2, 0) is 4.74 Å². The molecule has 1 aliphatic rings. The lowest BCUT2D eigenvalue weighted by molar-refractivity contribution is 0.0485. The molecule has 0 spiro atoms. The van der Waals surface area contributed by atoms with Crippen molar-refractivity contribution in [1.82, 2.24) is 0 Å². The van der Waals surface area contributed by atoms with Gasteiger partial charge in [0.25, 0.3) is 0 Å². The molecule has 1 aromatic rings. The molecule has 0 aliphatic carbocycles. The van der Waals surface area contributed by atoms with Gasteiger partial charge < -0.3 is 15.8 Å². The summed E-state index contributed by atoms with van der Waals surface area (Å²) in [4.78, 5) is 0. The van der Waals surface area contributed by atoms with Crippen LogP contribution < -0.4 is 11.1 Å². The second-order valence-corrected chi connectivity index (χ2v) is 4.78. The van der Waals surface area contributed by atoms with E-state index in [1.165, 1.54) is 17.7 Å². The minimum Gasteiger partial charge on any atom is -0.381 e. The van der Waals surface area contributed by atoms with Crippen LogP contribution in [-0.4, -0.2) is 25.8 Å². The third-order valence-electron chi connectivity index (χ3n) is 3.50. The van der Waals surface area contributed by atoms with Crippen LogP contribution in [0.15, 0.2) is 24.3 Å². The van der Waals surface area contributed by atoms with Crippen LogP contribution in [0.5, 0.6) is 0 Å². The SMILES string of the molecule is Cc1ccccc1NC(CN)C1CCCOC1. The maximum Gasteiger partial charge on any atom is 0.0514 e. The summed E-state index contributed by atoms with van der Waals surface area (Å²) in [7, 11) is 0. The van der Waals surface area contributed by atoms with Crippen LogP contribution >= 0.6 is 0 Å². The average molecular weight is 234 g/mol. The van der Waals surface area contributed by atoms with E-state index in [0.29, 0.717) is 18.5 Å². The van der Waals surface area contributed by atoms with Gasteiger partial charge in [0.1, 0.15) is 0 Å². The number of rotatable bonds is 4. The van der Waals surface area contributed by atoms with Crippen molar-refractivity contribution < 1.29 is 4.74 Å². The number of aryl methyl sites for hydroxylation is 1. The van der Waals surface area contributed by atoms with Crippen molar-refractivity contribution >= 4 is 5.69 Å². The van der Waals surface area contributed by atoms with Gasteiger partial charge in [-0.05, 0) is 31.4 Å². The van der Waals surface area contributed by atoms with Gasteiger partial charge in [-0.2, -0.15) is 0 Å². The lowest BCUT2D eigenvalue weighted by Crippen LogP contribution is -2.40. The minimum absolute atomic E-state index is 0.316. The summed E-state index contributed by atoms with van der Waals surface area (Å²) in [6.45, 7) is 4.51. The second-order valence-electron chi connectivity index (χ2n) is 4.78. The molecule has 1 fully saturated rings. The molecule has 3 heteroatoms. The Balaban J connectivity index is 2.01. The summed E-state index contributed by atoms with van der Waals surface area (Å²) < 4.78 is 5.54. The van der Waals surface area contributed by atoms with Crippen LogP contribution in [0, 0.1) is 12.8 Å². The number of benzene rings is 1. The fourth-order valence-corrected chi connectivity index (χ4v) is 2.39. The van der Waals surface area contributed by atoms with Gasteiger partial charge in [-0.15, -0.1) is 0 Å². The van der Waals surface area contributed by atoms with Crippen molar-refractivity contribution in [3.05, 3.63) is 29.8 Å². The molecule has 1 aliphatic heterocycles. The lowest BCUT2D eigenvalue weighted by Gasteiger charge is -2.31. The number of anilines is 1. The van der Waals surface area contributed by atoms with E-state index in [-0.39, 0.29) is 0 Å². The van der Waals surface area contributed by atoms with Crippen molar-refractivity contribution in [3.8, 4) is 0 Å². The van der Waals surface area contributed by atoms with Gasteiger partial charge in [-0.3, -0.25) is 0 Å². The fraction of sp³-hybridized carbons (Fsp3) is 0.571. The maximum atomic E-state index is 5.88. The number of nitrogens with two attached hydrogens (primary N) is 1. The maximum absolute atomic E-state index is 5.88. The summed E-state index contributed by atoms with van der Waals surface area (Å²) in [5, 5.41) is 3.56. The molecule has 1 saturated heterocycles. The van der Waals surface area contributed by atoms with Crippen LogP contribution in [0.3, 0.4) is 0 Å². The third kappa shape index (κ3) is 3.20. The molecule has 17 heavy (non-hydrogen) atoms. The zero-order chi connectivity index (χ0) is 12.1. The fourth-order valence-electron chi connectivity index (χ4n) is 2.39. The Labute approximate surface area is 103 Å². The van der Waals surface area contributed by atoms with Gasteiger partial charge in [0.15, 0.2) is 0 Å². The molecule has 0 amide bonds. The Hall–Kier alpha value is -1.06. The van der Waals surface area contributed by atoms with Gasteiger partial charge in [-0.25, -0.2) is 0 Å². The van der Waals surface area contributed by atoms with Crippen LogP contribution in [0.4, 0.5) is 5.69 Å². The highest BCUT2D eigenvalue weighted by molar-refractivity contribution is 5.51. The standard InChI is InChI=1S/C14H22N2O/c1-11-5-2-3-7-13(11)16-14(9-15)12-6-4-8-17-10-12/h2-3,5,7,12,14,16H,4,6,8-10,15H2,1H3. The molecule has 2 rings (SSSR count). The first-order chi connectivity index (χ1) is 8.31. The number of hydrogen-bond acceptors (Lipinski definition) is 3. The molecule has 1 aromatic carbocycles. The quantitative estimate of drug-likeness (QED) is 0.839. The van der Waals surface area contributed by atoms with Gasteiger partial charge in [-0.1, -0.05) is 18.2 Å². The zero-order valence-corrected chi connectivity index (χ0v) is 10.5.